The summed E-state index contributed by atoms with van der Waals surface area (Å²) < 4.78 is 1.67. The van der Waals surface area contributed by atoms with E-state index in [4.69, 9.17) is 0 Å². The molecule has 0 fully saturated rings. The maximum absolute atomic E-state index is 3.36. The third-order valence-corrected chi connectivity index (χ3v) is 42.9. The van der Waals surface area contributed by atoms with Gasteiger partial charge in [0.15, 0.2) is 0 Å². The van der Waals surface area contributed by atoms with E-state index in [1.807, 2.05) is 46.7 Å². The standard InChI is InChI=1S/C54H99Si10.3ClH.Ti/c1-39-38-54(4,41(3)40(39)2)64(51-45(58(14,15)16)32-42(55(5,6)7)33-46(51)59(17,18)19,52-47(60(20,21)22)34-43(56(8,9)10)35-48(52)61(23,24)25)53-49(62(26,27)28)36-44(57(11,12)13)37-50(53)63(29,30)31;;;;/h32-37H,1-31H3;3*1H;/q;;;;+3/p-3. The number of halogens is 3. The molecule has 380 valence electrons. The van der Waals surface area contributed by atoms with Crippen LogP contribution in [0, 0.1) is 0 Å². The van der Waals surface area contributed by atoms with E-state index in [9.17, 15) is 0 Å². The molecule has 0 N–H and O–H groups in total. The minimum Gasteiger partial charge on any atom is -1.00 e. The number of hydrogen-bond donors (Lipinski definition) is 0. The Balaban J connectivity index is 0.00000771. The largest absolute Gasteiger partial charge is 1.00 e. The van der Waals surface area contributed by atoms with Crippen LogP contribution in [0.2, 0.25) is 182 Å². The molecule has 1 aliphatic rings. The fourth-order valence-corrected chi connectivity index (χ4v) is 42.5. The molecule has 0 spiro atoms. The van der Waals surface area contributed by atoms with Crippen LogP contribution in [0.25, 0.3) is 0 Å². The van der Waals surface area contributed by atoms with Gasteiger partial charge in [0, 0.05) is 0 Å². The topological polar surface area (TPSA) is 0 Å². The molecule has 1 aliphatic carbocycles. The summed E-state index contributed by atoms with van der Waals surface area (Å²) in [7, 11) is -21.0. The fourth-order valence-electron chi connectivity index (χ4n) is 11.0. The van der Waals surface area contributed by atoms with Crippen molar-refractivity contribution in [2.45, 2.75) is 210 Å². The zero-order valence-electron chi connectivity index (χ0n) is 49.6. The number of allylic oxidation sites excluding steroid dienone is 4. The van der Waals surface area contributed by atoms with Crippen molar-refractivity contribution in [1.82, 2.24) is 0 Å². The normalized spacial score (nSPS) is 17.3. The van der Waals surface area contributed by atoms with Gasteiger partial charge < -0.3 is 37.2 Å². The monoisotopic (exact) mass is 1180 g/mol. The van der Waals surface area contributed by atoms with E-state index in [-0.39, 0.29) is 42.3 Å². The molecule has 3 aromatic rings. The molecule has 0 nitrogen and oxygen atoms in total. The average molecular weight is 1180 g/mol. The summed E-state index contributed by atoms with van der Waals surface area (Å²) >= 11 is 2.65. The van der Waals surface area contributed by atoms with Gasteiger partial charge in [-0.3, -0.25) is 0 Å². The van der Waals surface area contributed by atoms with E-state index in [1.165, 1.54) is 0 Å². The van der Waals surface area contributed by atoms with Gasteiger partial charge in [-0.2, -0.15) is 0 Å². The minimum absolute atomic E-state index is 0. The summed E-state index contributed by atoms with van der Waals surface area (Å²) in [5.74, 6) is 0. The van der Waals surface area contributed by atoms with Crippen molar-refractivity contribution in [3.8, 4) is 0 Å². The van der Waals surface area contributed by atoms with Gasteiger partial charge in [0.05, 0.1) is 0 Å². The molecule has 0 saturated carbocycles. The van der Waals surface area contributed by atoms with Crippen LogP contribution in [0.15, 0.2) is 57.0 Å². The first-order chi connectivity index (χ1) is 28.5. The van der Waals surface area contributed by atoms with Gasteiger partial charge in [-0.25, -0.2) is 0 Å². The van der Waals surface area contributed by atoms with Crippen molar-refractivity contribution in [2.75, 3.05) is 0 Å². The van der Waals surface area contributed by atoms with Gasteiger partial charge in [-0.1, -0.05) is 0 Å². The van der Waals surface area contributed by atoms with Crippen LogP contribution in [0.4, 0.5) is 0 Å². The second-order valence-electron chi connectivity index (χ2n) is 30.2. The van der Waals surface area contributed by atoms with Gasteiger partial charge in [0.25, 0.3) is 0 Å². The Labute approximate surface area is 462 Å². The molecule has 4 rings (SSSR count). The summed E-state index contributed by atoms with van der Waals surface area (Å²) in [6, 6.07) is 17.5. The Bertz CT molecular complexity index is 2090. The maximum Gasteiger partial charge on any atom is -1.00 e. The van der Waals surface area contributed by atoms with Gasteiger partial charge in [0.2, 0.25) is 0 Å². The second kappa shape index (κ2) is 20.8. The molecule has 68 heavy (non-hydrogen) atoms. The zero-order chi connectivity index (χ0) is 51.0. The Hall–Kier alpha value is 0.893. The average Bonchev–Trinajstić information content (AvgIpc) is 3.23. The van der Waals surface area contributed by atoms with Crippen molar-refractivity contribution in [1.29, 1.82) is 0 Å². The van der Waals surface area contributed by atoms with Crippen LogP contribution in [0.5, 0.6) is 0 Å². The molecule has 0 heterocycles. The summed E-state index contributed by atoms with van der Waals surface area (Å²) in [5.41, 5.74) is 4.80. The Morgan fingerprint density at radius 1 is 0.309 bits per heavy atom. The first-order valence-electron chi connectivity index (χ1n) is 25.2. The van der Waals surface area contributed by atoms with E-state index in [0.29, 0.717) is 0 Å². The second-order valence-corrected chi connectivity index (χ2v) is 80.5. The van der Waals surface area contributed by atoms with Crippen molar-refractivity contribution in [2.24, 2.45) is 0 Å². The van der Waals surface area contributed by atoms with E-state index >= 15 is 0 Å². The van der Waals surface area contributed by atoms with Crippen LogP contribution in [-0.2, 0) is 20.4 Å². The molecule has 0 amide bonds. The van der Waals surface area contributed by atoms with Crippen molar-refractivity contribution in [3.05, 3.63) is 57.0 Å². The fraction of sp³-hybridized carbons (Fsp3) is 0.593. The van der Waals surface area contributed by atoms with Crippen LogP contribution in [0.1, 0.15) is 27.7 Å². The molecule has 0 saturated heterocycles. The van der Waals surface area contributed by atoms with Crippen LogP contribution in [-0.4, -0.2) is 80.7 Å². The molecule has 1 unspecified atom stereocenters. The van der Waals surface area contributed by atoms with Crippen LogP contribution in [0.3, 0.4) is 0 Å². The van der Waals surface area contributed by atoms with E-state index < -0.39 is 80.7 Å². The van der Waals surface area contributed by atoms with Crippen LogP contribution >= 0.6 is 0 Å². The van der Waals surface area contributed by atoms with Gasteiger partial charge >= 0.3 is 430 Å². The van der Waals surface area contributed by atoms with E-state index in [2.05, 4.69) is 261 Å². The zero-order valence-corrected chi connectivity index (χ0v) is 63.4. The Kier molecular flexibility index (Phi) is 20.5. The third-order valence-electron chi connectivity index (χ3n) is 15.5. The van der Waals surface area contributed by atoms with E-state index in [0.717, 1.165) is 0 Å². The van der Waals surface area contributed by atoms with Gasteiger partial charge in [0.1, 0.15) is 0 Å². The van der Waals surface area contributed by atoms with Crippen molar-refractivity contribution < 1.29 is 57.7 Å². The van der Waals surface area contributed by atoms with Gasteiger partial charge in [-0.05, 0) is 0 Å². The molecule has 0 aliphatic heterocycles. The molecule has 0 bridgehead atoms. The molecule has 0 aromatic heterocycles. The Morgan fingerprint density at radius 3 is 0.603 bits per heavy atom. The van der Waals surface area contributed by atoms with Crippen molar-refractivity contribution >= 4 is 143 Å². The SMILES string of the molecule is CC1=C(C)C(C)([Si](c2c([Si](C)(C)C)cc([Si](C)(C)C)cc2[Si](C)(C)C)(c2c([Si](C)(C)C)cc([Si](C)(C)C)cc2[Si](C)(C)C)c2c([Si](C)(C)C)cc([Si](C)(C)C)cc2[Si](C)(C)C)[C]([Ti+3])=C1C.[Cl-].[Cl-].[Cl-]. The molecule has 3 aromatic carbocycles. The summed E-state index contributed by atoms with van der Waals surface area (Å²) in [6.07, 6.45) is 0. The Morgan fingerprint density at radius 2 is 0.485 bits per heavy atom. The smallest absolute Gasteiger partial charge is 1.00 e. The molecule has 1 atom stereocenters. The molecule has 14 heteroatoms. The first-order valence-corrected chi connectivity index (χ1v) is 59.5. The number of hydrogen-bond acceptors (Lipinski definition) is 0. The summed E-state index contributed by atoms with van der Waals surface area (Å²) in [5, 5.41) is 21.6. The van der Waals surface area contributed by atoms with Crippen LogP contribution < -0.4 is 99.5 Å². The molecular weight excluding hydrogens is 1080 g/mol. The van der Waals surface area contributed by atoms with Crippen molar-refractivity contribution in [3.63, 3.8) is 0 Å². The van der Waals surface area contributed by atoms with Gasteiger partial charge in [-0.15, -0.1) is 0 Å². The predicted octanol–water partition coefficient (Wildman–Crippen LogP) is 1.01. The van der Waals surface area contributed by atoms with E-state index in [1.54, 1.807) is 36.2 Å². The summed E-state index contributed by atoms with van der Waals surface area (Å²) in [6.45, 7) is 83.6. The maximum atomic E-state index is 2.92. The predicted molar refractivity (Wildman–Crippen MR) is 330 cm³/mol. The third kappa shape index (κ3) is 12.3. The number of rotatable bonds is 13. The minimum atomic E-state index is -3.36. The molecular formula is C54H99Cl3Si10Ti. The first kappa shape index (κ1) is 66.9. The molecule has 0 radical (unpaired) electrons. The number of benzene rings is 3. The summed E-state index contributed by atoms with van der Waals surface area (Å²) in [4.78, 5) is 0. The quantitative estimate of drug-likeness (QED) is 0.178.